The van der Waals surface area contributed by atoms with Gasteiger partial charge < -0.3 is 5.73 Å². The van der Waals surface area contributed by atoms with Crippen molar-refractivity contribution in [3.8, 4) is 0 Å². The summed E-state index contributed by atoms with van der Waals surface area (Å²) in [6.45, 7) is 1.76. The van der Waals surface area contributed by atoms with Gasteiger partial charge in [-0.25, -0.2) is 4.98 Å². The fourth-order valence-corrected chi connectivity index (χ4v) is 1.35. The van der Waals surface area contributed by atoms with E-state index in [4.69, 9.17) is 17.3 Å². The summed E-state index contributed by atoms with van der Waals surface area (Å²) in [4.78, 5) is 15.6. The van der Waals surface area contributed by atoms with E-state index in [-0.39, 0.29) is 23.9 Å². The van der Waals surface area contributed by atoms with E-state index in [0.29, 0.717) is 23.6 Å². The first-order valence-electron chi connectivity index (χ1n) is 3.96. The average Bonchev–Trinajstić information content (AvgIpc) is 2.09. The predicted molar refractivity (Wildman–Crippen MR) is 60.3 cm³/mol. The lowest BCUT2D eigenvalue weighted by atomic mass is 10.2. The van der Waals surface area contributed by atoms with Gasteiger partial charge in [-0.1, -0.05) is 0 Å². The van der Waals surface area contributed by atoms with Gasteiger partial charge in [-0.3, -0.25) is 9.36 Å². The smallest absolute Gasteiger partial charge is 0.258 e. The molecule has 1 aromatic rings. The second-order valence-corrected chi connectivity index (χ2v) is 3.22. The summed E-state index contributed by atoms with van der Waals surface area (Å²) in [5.74, 6) is 0.655. The van der Waals surface area contributed by atoms with Crippen LogP contribution in [-0.2, 0) is 13.5 Å². The van der Waals surface area contributed by atoms with Gasteiger partial charge in [0.15, 0.2) is 0 Å². The summed E-state index contributed by atoms with van der Waals surface area (Å²) in [6, 6.07) is 0. The van der Waals surface area contributed by atoms with Crippen LogP contribution in [0.25, 0.3) is 0 Å². The van der Waals surface area contributed by atoms with Crippen molar-refractivity contribution >= 4 is 30.0 Å². The van der Waals surface area contributed by atoms with Gasteiger partial charge in [0.05, 0.1) is 0 Å². The molecule has 0 radical (unpaired) electrons. The number of alkyl halides is 1. The van der Waals surface area contributed by atoms with Crippen LogP contribution in [-0.4, -0.2) is 15.4 Å². The van der Waals surface area contributed by atoms with Crippen LogP contribution in [0.3, 0.4) is 0 Å². The van der Waals surface area contributed by atoms with Crippen molar-refractivity contribution in [2.45, 2.75) is 13.3 Å². The Hall–Kier alpha value is -0.740. The molecule has 6 heteroatoms. The molecule has 14 heavy (non-hydrogen) atoms. The minimum absolute atomic E-state index is 0. The Kier molecular flexibility index (Phi) is 4.94. The molecule has 0 amide bonds. The molecule has 0 saturated heterocycles. The Balaban J connectivity index is 0.00000169. The first-order valence-corrected chi connectivity index (χ1v) is 4.49. The molecule has 0 bridgehead atoms. The lowest BCUT2D eigenvalue weighted by molar-refractivity contribution is 0.803. The van der Waals surface area contributed by atoms with Gasteiger partial charge in [0.25, 0.3) is 5.56 Å². The zero-order valence-corrected chi connectivity index (χ0v) is 9.65. The Morgan fingerprint density at radius 2 is 2.14 bits per heavy atom. The number of nitrogens with zero attached hydrogens (tertiary/aromatic N) is 2. The number of anilines is 1. The minimum atomic E-state index is -0.106. The molecule has 4 nitrogen and oxygen atoms in total. The van der Waals surface area contributed by atoms with Gasteiger partial charge in [0, 0.05) is 24.2 Å². The van der Waals surface area contributed by atoms with Gasteiger partial charge in [0.2, 0.25) is 5.95 Å². The molecular formula is C8H13Cl2N3O. The molecule has 1 aromatic heterocycles. The van der Waals surface area contributed by atoms with Gasteiger partial charge >= 0.3 is 0 Å². The van der Waals surface area contributed by atoms with Crippen LogP contribution in [0.15, 0.2) is 4.79 Å². The molecule has 80 valence electrons. The summed E-state index contributed by atoms with van der Waals surface area (Å²) >= 11 is 5.56. The van der Waals surface area contributed by atoms with Crippen molar-refractivity contribution in [2.24, 2.45) is 7.05 Å². The molecule has 0 spiro atoms. The van der Waals surface area contributed by atoms with Crippen molar-refractivity contribution < 1.29 is 0 Å². The van der Waals surface area contributed by atoms with Gasteiger partial charge in [-0.2, -0.15) is 0 Å². The normalized spacial score (nSPS) is 9.64. The van der Waals surface area contributed by atoms with Crippen molar-refractivity contribution in [1.29, 1.82) is 0 Å². The lowest BCUT2D eigenvalue weighted by Crippen LogP contribution is -2.26. The molecule has 0 aromatic carbocycles. The van der Waals surface area contributed by atoms with E-state index in [1.165, 1.54) is 4.57 Å². The molecule has 0 aliphatic rings. The molecule has 0 aliphatic carbocycles. The Labute approximate surface area is 93.5 Å². The lowest BCUT2D eigenvalue weighted by Gasteiger charge is -2.07. The molecule has 0 unspecified atom stereocenters. The number of hydrogen-bond acceptors (Lipinski definition) is 3. The largest absolute Gasteiger partial charge is 0.369 e. The van der Waals surface area contributed by atoms with Crippen molar-refractivity contribution in [1.82, 2.24) is 9.55 Å². The van der Waals surface area contributed by atoms with Crippen molar-refractivity contribution in [3.05, 3.63) is 21.6 Å². The third-order valence-electron chi connectivity index (χ3n) is 1.97. The van der Waals surface area contributed by atoms with Crippen LogP contribution in [0.1, 0.15) is 11.3 Å². The number of hydrogen-bond donors (Lipinski definition) is 1. The molecule has 0 aliphatic heterocycles. The van der Waals surface area contributed by atoms with Crippen LogP contribution in [0.4, 0.5) is 5.95 Å². The molecule has 0 fully saturated rings. The molecule has 1 rings (SSSR count). The number of nitrogen functional groups attached to an aromatic ring is 1. The van der Waals surface area contributed by atoms with E-state index < -0.39 is 0 Å². The fourth-order valence-electron chi connectivity index (χ4n) is 1.16. The second kappa shape index (κ2) is 5.22. The number of aromatic nitrogens is 2. The highest BCUT2D eigenvalue weighted by molar-refractivity contribution is 6.17. The summed E-state index contributed by atoms with van der Waals surface area (Å²) in [7, 11) is 1.60. The van der Waals surface area contributed by atoms with E-state index in [2.05, 4.69) is 4.98 Å². The van der Waals surface area contributed by atoms with Crippen LogP contribution >= 0.6 is 24.0 Å². The Morgan fingerprint density at radius 1 is 1.57 bits per heavy atom. The highest BCUT2D eigenvalue weighted by Gasteiger charge is 2.08. The third kappa shape index (κ3) is 2.39. The molecule has 1 heterocycles. The molecule has 2 N–H and O–H groups in total. The van der Waals surface area contributed by atoms with Crippen molar-refractivity contribution in [3.63, 3.8) is 0 Å². The summed E-state index contributed by atoms with van der Waals surface area (Å²) < 4.78 is 1.33. The first-order chi connectivity index (χ1) is 6.07. The summed E-state index contributed by atoms with van der Waals surface area (Å²) in [5, 5.41) is 0. The number of nitrogens with two attached hydrogens (primary N) is 1. The third-order valence-corrected chi connectivity index (χ3v) is 2.16. The average molecular weight is 238 g/mol. The SMILES string of the molecule is Cc1nc(N)n(C)c(=O)c1CCCl.Cl. The number of halogens is 2. The molecule has 0 atom stereocenters. The maximum atomic E-state index is 11.6. The summed E-state index contributed by atoms with van der Waals surface area (Å²) in [5.41, 5.74) is 6.71. The van der Waals surface area contributed by atoms with Gasteiger partial charge in [0.1, 0.15) is 0 Å². The van der Waals surface area contributed by atoms with E-state index in [0.717, 1.165) is 0 Å². The van der Waals surface area contributed by atoms with Gasteiger partial charge in [-0.15, -0.1) is 24.0 Å². The Bertz CT molecular complexity index is 376. The van der Waals surface area contributed by atoms with E-state index in [1.54, 1.807) is 14.0 Å². The standard InChI is InChI=1S/C8H12ClN3O.ClH/c1-5-6(3-4-9)7(13)12(2)8(10)11-5;/h3-4H2,1-2H3,(H2,10,11);1H. The molecule has 0 saturated carbocycles. The fraction of sp³-hybridized carbons (Fsp3) is 0.500. The topological polar surface area (TPSA) is 60.9 Å². The highest BCUT2D eigenvalue weighted by atomic mass is 35.5. The van der Waals surface area contributed by atoms with Crippen LogP contribution in [0.2, 0.25) is 0 Å². The number of rotatable bonds is 2. The Morgan fingerprint density at radius 3 is 2.64 bits per heavy atom. The summed E-state index contributed by atoms with van der Waals surface area (Å²) in [6.07, 6.45) is 0.535. The maximum Gasteiger partial charge on any atom is 0.258 e. The van der Waals surface area contributed by atoms with Crippen LogP contribution in [0, 0.1) is 6.92 Å². The van der Waals surface area contributed by atoms with E-state index >= 15 is 0 Å². The quantitative estimate of drug-likeness (QED) is 0.778. The number of aryl methyl sites for hydroxylation is 1. The second-order valence-electron chi connectivity index (χ2n) is 2.84. The zero-order chi connectivity index (χ0) is 10.0. The first kappa shape index (κ1) is 13.3. The van der Waals surface area contributed by atoms with Crippen LogP contribution in [0.5, 0.6) is 0 Å². The van der Waals surface area contributed by atoms with E-state index in [1.807, 2.05) is 0 Å². The van der Waals surface area contributed by atoms with Crippen LogP contribution < -0.4 is 11.3 Å². The predicted octanol–water partition coefficient (Wildman–Crippen LogP) is 0.874. The van der Waals surface area contributed by atoms with Crippen molar-refractivity contribution in [2.75, 3.05) is 11.6 Å². The molecular weight excluding hydrogens is 225 g/mol. The monoisotopic (exact) mass is 237 g/mol. The minimum Gasteiger partial charge on any atom is -0.369 e. The van der Waals surface area contributed by atoms with E-state index in [9.17, 15) is 4.79 Å². The maximum absolute atomic E-state index is 11.6. The highest BCUT2D eigenvalue weighted by Crippen LogP contribution is 2.03. The zero-order valence-electron chi connectivity index (χ0n) is 8.08. The van der Waals surface area contributed by atoms with Gasteiger partial charge in [-0.05, 0) is 13.3 Å².